The van der Waals surface area contributed by atoms with Gasteiger partial charge in [0.25, 0.3) is 0 Å². The smallest absolute Gasteiger partial charge is 0.0978 e. The molecule has 2 aromatic carbocycles. The molecule has 132 valence electrons. The lowest BCUT2D eigenvalue weighted by Gasteiger charge is -2.26. The molecule has 5 N–H and O–H groups in total. The van der Waals surface area contributed by atoms with Crippen LogP contribution in [-0.4, -0.2) is 5.71 Å². The number of hydrogen-bond donors (Lipinski definition) is 3. The summed E-state index contributed by atoms with van der Waals surface area (Å²) in [6.07, 6.45) is 8.17. The Hall–Kier alpha value is -3.01. The molecular weight excluding hydrogens is 320 g/mol. The summed E-state index contributed by atoms with van der Waals surface area (Å²) < 4.78 is 0. The number of nitrogens with zero attached hydrogens (tertiary/aromatic N) is 1. The third-order valence-corrected chi connectivity index (χ3v) is 5.02. The van der Waals surface area contributed by atoms with Gasteiger partial charge in [-0.15, -0.1) is 0 Å². The van der Waals surface area contributed by atoms with Crippen molar-refractivity contribution in [2.45, 2.75) is 32.1 Å². The fourth-order valence-corrected chi connectivity index (χ4v) is 3.62. The van der Waals surface area contributed by atoms with Gasteiger partial charge in [-0.05, 0) is 61.1 Å². The Labute approximate surface area is 154 Å². The summed E-state index contributed by atoms with van der Waals surface area (Å²) in [4.78, 5) is 0. The molecule has 2 aromatic rings. The highest BCUT2D eigenvalue weighted by molar-refractivity contribution is 6.17. The predicted octanol–water partition coefficient (Wildman–Crippen LogP) is 4.46. The highest BCUT2D eigenvalue weighted by Gasteiger charge is 2.24. The molecule has 0 unspecified atom stereocenters. The molecule has 26 heavy (non-hydrogen) atoms. The lowest BCUT2D eigenvalue weighted by atomic mass is 9.85. The van der Waals surface area contributed by atoms with Gasteiger partial charge >= 0.3 is 0 Å². The molecular formula is C22H24N4. The zero-order chi connectivity index (χ0) is 17.9. The van der Waals surface area contributed by atoms with Crippen LogP contribution in [0.3, 0.4) is 0 Å². The standard InChI is InChI=1S/C22H24N4/c23-17-11-7-15(8-12-17)21-19-5-3-1-2-4-6-20(19)22(26-25-21)16-9-13-18(24)14-10-16/h5,7-14,26H,1-4,6,23-24H2. The molecule has 0 saturated heterocycles. The van der Waals surface area contributed by atoms with Crippen LogP contribution in [0.15, 0.2) is 70.9 Å². The van der Waals surface area contributed by atoms with Gasteiger partial charge < -0.3 is 11.5 Å². The highest BCUT2D eigenvalue weighted by atomic mass is 15.3. The zero-order valence-electron chi connectivity index (χ0n) is 14.8. The van der Waals surface area contributed by atoms with Crippen LogP contribution >= 0.6 is 0 Å². The van der Waals surface area contributed by atoms with Crippen LogP contribution in [0.25, 0.3) is 5.70 Å². The molecule has 0 amide bonds. The van der Waals surface area contributed by atoms with E-state index in [0.29, 0.717) is 0 Å². The molecule has 0 fully saturated rings. The molecule has 0 saturated carbocycles. The van der Waals surface area contributed by atoms with Crippen molar-refractivity contribution < 1.29 is 0 Å². The maximum atomic E-state index is 5.86. The van der Waals surface area contributed by atoms with E-state index in [4.69, 9.17) is 16.6 Å². The van der Waals surface area contributed by atoms with E-state index in [2.05, 4.69) is 23.6 Å². The first kappa shape index (κ1) is 16.5. The van der Waals surface area contributed by atoms with E-state index >= 15 is 0 Å². The molecule has 4 nitrogen and oxygen atoms in total. The van der Waals surface area contributed by atoms with Gasteiger partial charge in [0.1, 0.15) is 0 Å². The van der Waals surface area contributed by atoms with Gasteiger partial charge in [0.15, 0.2) is 0 Å². The van der Waals surface area contributed by atoms with Crippen molar-refractivity contribution in [3.63, 3.8) is 0 Å². The molecule has 4 heteroatoms. The van der Waals surface area contributed by atoms with Gasteiger partial charge in [0.05, 0.1) is 11.4 Å². The van der Waals surface area contributed by atoms with Crippen LogP contribution in [-0.2, 0) is 0 Å². The third kappa shape index (κ3) is 3.23. The van der Waals surface area contributed by atoms with Gasteiger partial charge in [-0.25, -0.2) is 0 Å². The second-order valence-corrected chi connectivity index (χ2v) is 6.89. The van der Waals surface area contributed by atoms with Gasteiger partial charge in [0.2, 0.25) is 0 Å². The molecule has 2 aliphatic rings. The van der Waals surface area contributed by atoms with Crippen LogP contribution in [0.1, 0.15) is 43.2 Å². The van der Waals surface area contributed by atoms with Crippen molar-refractivity contribution in [3.05, 3.63) is 76.9 Å². The minimum Gasteiger partial charge on any atom is -0.399 e. The first-order valence-electron chi connectivity index (χ1n) is 9.22. The second-order valence-electron chi connectivity index (χ2n) is 6.89. The summed E-state index contributed by atoms with van der Waals surface area (Å²) in [7, 11) is 0. The summed E-state index contributed by atoms with van der Waals surface area (Å²) >= 11 is 0. The molecule has 0 bridgehead atoms. The Morgan fingerprint density at radius 3 is 2.12 bits per heavy atom. The normalized spacial score (nSPS) is 17.4. The maximum Gasteiger partial charge on any atom is 0.0978 e. The Morgan fingerprint density at radius 1 is 0.769 bits per heavy atom. The van der Waals surface area contributed by atoms with Crippen LogP contribution in [0, 0.1) is 0 Å². The Balaban J connectivity index is 1.80. The highest BCUT2D eigenvalue weighted by Crippen LogP contribution is 2.34. The Kier molecular flexibility index (Phi) is 4.48. The molecule has 0 radical (unpaired) electrons. The fraction of sp³-hybridized carbons (Fsp3) is 0.227. The van der Waals surface area contributed by atoms with Gasteiger partial charge in [0, 0.05) is 22.5 Å². The SMILES string of the molecule is Nc1ccc(C2=NNC(c3ccc(N)cc3)=C3CCCCCC=C23)cc1. The molecule has 1 aliphatic carbocycles. The first-order chi connectivity index (χ1) is 12.7. The summed E-state index contributed by atoms with van der Waals surface area (Å²) in [5.41, 5.74) is 23.5. The quantitative estimate of drug-likeness (QED) is 0.704. The predicted molar refractivity (Wildman–Crippen MR) is 109 cm³/mol. The van der Waals surface area contributed by atoms with Crippen LogP contribution in [0.2, 0.25) is 0 Å². The average Bonchev–Trinajstić information content (AvgIpc) is 2.63. The number of fused-ring (bicyclic) bond motifs is 1. The van der Waals surface area contributed by atoms with Crippen molar-refractivity contribution in [1.29, 1.82) is 0 Å². The number of hydrazone groups is 1. The van der Waals surface area contributed by atoms with Crippen molar-refractivity contribution in [2.75, 3.05) is 11.5 Å². The Bertz CT molecular complexity index is 887. The van der Waals surface area contributed by atoms with Gasteiger partial charge in [-0.2, -0.15) is 5.10 Å². The minimum atomic E-state index is 0.767. The molecule has 4 rings (SSSR count). The number of nitrogen functional groups attached to an aromatic ring is 2. The van der Waals surface area contributed by atoms with E-state index < -0.39 is 0 Å². The van der Waals surface area contributed by atoms with Crippen LogP contribution < -0.4 is 16.9 Å². The summed E-state index contributed by atoms with van der Waals surface area (Å²) in [6, 6.07) is 15.9. The number of hydrogen-bond acceptors (Lipinski definition) is 4. The lowest BCUT2D eigenvalue weighted by Crippen LogP contribution is -2.23. The van der Waals surface area contributed by atoms with Crippen molar-refractivity contribution in [3.8, 4) is 0 Å². The van der Waals surface area contributed by atoms with E-state index in [1.54, 1.807) is 0 Å². The topological polar surface area (TPSA) is 76.4 Å². The van der Waals surface area contributed by atoms with E-state index in [1.807, 2.05) is 36.4 Å². The fourth-order valence-electron chi connectivity index (χ4n) is 3.62. The van der Waals surface area contributed by atoms with E-state index in [1.165, 1.54) is 30.4 Å². The third-order valence-electron chi connectivity index (χ3n) is 5.02. The zero-order valence-corrected chi connectivity index (χ0v) is 14.8. The number of allylic oxidation sites excluding steroid dienone is 3. The van der Waals surface area contributed by atoms with Gasteiger partial charge in [-0.1, -0.05) is 36.8 Å². The minimum absolute atomic E-state index is 0.767. The van der Waals surface area contributed by atoms with E-state index in [-0.39, 0.29) is 0 Å². The van der Waals surface area contributed by atoms with Crippen LogP contribution in [0.5, 0.6) is 0 Å². The van der Waals surface area contributed by atoms with Crippen molar-refractivity contribution >= 4 is 22.8 Å². The van der Waals surface area contributed by atoms with Gasteiger partial charge in [-0.3, -0.25) is 5.43 Å². The maximum absolute atomic E-state index is 5.86. The molecule has 1 aliphatic heterocycles. The van der Waals surface area contributed by atoms with E-state index in [0.717, 1.165) is 46.8 Å². The first-order valence-corrected chi connectivity index (χ1v) is 9.22. The summed E-state index contributed by atoms with van der Waals surface area (Å²) in [6.45, 7) is 0. The molecule has 1 heterocycles. The molecule has 0 aromatic heterocycles. The second kappa shape index (κ2) is 7.08. The number of nitrogens with one attached hydrogen (secondary N) is 1. The lowest BCUT2D eigenvalue weighted by molar-refractivity contribution is 0.673. The number of rotatable bonds is 2. The molecule has 0 spiro atoms. The number of nitrogens with two attached hydrogens (primary N) is 2. The van der Waals surface area contributed by atoms with Crippen molar-refractivity contribution in [1.82, 2.24) is 5.43 Å². The Morgan fingerprint density at radius 2 is 1.42 bits per heavy atom. The largest absolute Gasteiger partial charge is 0.399 e. The number of anilines is 2. The monoisotopic (exact) mass is 344 g/mol. The van der Waals surface area contributed by atoms with Crippen LogP contribution in [0.4, 0.5) is 11.4 Å². The summed E-state index contributed by atoms with van der Waals surface area (Å²) in [5, 5.41) is 4.73. The number of benzene rings is 2. The molecule has 0 atom stereocenters. The van der Waals surface area contributed by atoms with Crippen molar-refractivity contribution in [2.24, 2.45) is 5.10 Å². The average molecular weight is 344 g/mol. The summed E-state index contributed by atoms with van der Waals surface area (Å²) in [5.74, 6) is 0. The van der Waals surface area contributed by atoms with E-state index in [9.17, 15) is 0 Å².